The zero-order valence-electron chi connectivity index (χ0n) is 14.1. The summed E-state index contributed by atoms with van der Waals surface area (Å²) in [7, 11) is 0. The first-order valence-corrected chi connectivity index (χ1v) is 7.77. The predicted octanol–water partition coefficient (Wildman–Crippen LogP) is 2.76. The van der Waals surface area contributed by atoms with Crippen molar-refractivity contribution in [2.45, 2.75) is 46.6 Å². The number of aromatic nitrogens is 2. The Morgan fingerprint density at radius 2 is 2.00 bits per heavy atom. The van der Waals surface area contributed by atoms with Crippen LogP contribution in [-0.2, 0) is 4.74 Å². The molecule has 2 heterocycles. The Balaban J connectivity index is 1.82. The molecule has 1 aliphatic heterocycles. The van der Waals surface area contributed by atoms with E-state index < -0.39 is 5.60 Å². The fourth-order valence-electron chi connectivity index (χ4n) is 2.53. The summed E-state index contributed by atoms with van der Waals surface area (Å²) in [4.78, 5) is 22.5. The topological polar surface area (TPSA) is 67.4 Å². The number of carbonyl (C=O) groups excluding carboxylic acids is 1. The van der Waals surface area contributed by atoms with E-state index in [1.54, 1.807) is 4.90 Å². The number of nitrogens with one attached hydrogen (secondary N) is 1. The summed E-state index contributed by atoms with van der Waals surface area (Å²) in [5, 5.41) is 3.27. The third kappa shape index (κ3) is 4.86. The van der Waals surface area contributed by atoms with Gasteiger partial charge in [-0.1, -0.05) is 0 Å². The maximum atomic E-state index is 12.0. The lowest BCUT2D eigenvalue weighted by Crippen LogP contribution is -2.35. The van der Waals surface area contributed by atoms with Crippen LogP contribution in [0.2, 0.25) is 0 Å². The van der Waals surface area contributed by atoms with Gasteiger partial charge in [-0.25, -0.2) is 14.8 Å². The van der Waals surface area contributed by atoms with E-state index in [1.165, 1.54) is 0 Å². The minimum atomic E-state index is -0.444. The second kappa shape index (κ2) is 6.50. The van der Waals surface area contributed by atoms with Crippen LogP contribution in [0.3, 0.4) is 0 Å². The van der Waals surface area contributed by atoms with E-state index in [1.807, 2.05) is 40.7 Å². The lowest BCUT2D eigenvalue weighted by atomic mass is 10.1. The number of hydrogen-bond acceptors (Lipinski definition) is 5. The molecule has 1 N–H and O–H groups in total. The molecular formula is C16H26N4O2. The zero-order valence-corrected chi connectivity index (χ0v) is 14.1. The number of rotatable bonds is 3. The van der Waals surface area contributed by atoms with Crippen molar-refractivity contribution in [2.24, 2.45) is 5.92 Å². The maximum absolute atomic E-state index is 12.0. The van der Waals surface area contributed by atoms with Crippen molar-refractivity contribution < 1.29 is 9.53 Å². The van der Waals surface area contributed by atoms with Crippen LogP contribution in [0.4, 0.5) is 10.7 Å². The first-order valence-electron chi connectivity index (χ1n) is 7.77. The number of amides is 1. The molecule has 1 aromatic rings. The number of hydrogen-bond donors (Lipinski definition) is 1. The van der Waals surface area contributed by atoms with E-state index in [-0.39, 0.29) is 6.09 Å². The van der Waals surface area contributed by atoms with Crippen molar-refractivity contribution >= 4 is 12.0 Å². The van der Waals surface area contributed by atoms with E-state index in [0.717, 1.165) is 30.9 Å². The average Bonchev–Trinajstić information content (AvgIpc) is 2.82. The smallest absolute Gasteiger partial charge is 0.410 e. The Kier molecular flexibility index (Phi) is 4.88. The van der Waals surface area contributed by atoms with Crippen LogP contribution in [0.1, 0.15) is 38.6 Å². The molecule has 0 aliphatic carbocycles. The summed E-state index contributed by atoms with van der Waals surface area (Å²) < 4.78 is 5.41. The summed E-state index contributed by atoms with van der Waals surface area (Å²) in [5.74, 6) is 1.06. The average molecular weight is 306 g/mol. The van der Waals surface area contributed by atoms with Gasteiger partial charge in [-0.05, 0) is 53.0 Å². The van der Waals surface area contributed by atoms with E-state index in [9.17, 15) is 4.79 Å². The van der Waals surface area contributed by atoms with Gasteiger partial charge in [0.15, 0.2) is 0 Å². The third-order valence-electron chi connectivity index (χ3n) is 3.47. The van der Waals surface area contributed by atoms with Crippen molar-refractivity contribution in [1.29, 1.82) is 0 Å². The van der Waals surface area contributed by atoms with Crippen LogP contribution in [0, 0.1) is 19.8 Å². The van der Waals surface area contributed by atoms with E-state index in [2.05, 4.69) is 15.3 Å². The standard InChI is InChI=1S/C16H26N4O2/c1-11-8-12(2)19-14(18-11)17-9-13-6-7-20(10-13)15(21)22-16(3,4)5/h8,13H,6-7,9-10H2,1-5H3,(H,17,18,19)/t13-/m0/s1. The molecule has 0 radical (unpaired) electrons. The van der Waals surface area contributed by atoms with Crippen LogP contribution in [-0.4, -0.2) is 46.2 Å². The van der Waals surface area contributed by atoms with Crippen LogP contribution in [0.25, 0.3) is 0 Å². The third-order valence-corrected chi connectivity index (χ3v) is 3.47. The van der Waals surface area contributed by atoms with Gasteiger partial charge in [-0.2, -0.15) is 0 Å². The summed E-state index contributed by atoms with van der Waals surface area (Å²) >= 11 is 0. The fraction of sp³-hybridized carbons (Fsp3) is 0.688. The van der Waals surface area contributed by atoms with Crippen LogP contribution in [0.15, 0.2) is 6.07 Å². The van der Waals surface area contributed by atoms with Gasteiger partial charge in [-0.3, -0.25) is 0 Å². The SMILES string of the molecule is Cc1cc(C)nc(NC[C@@H]2CCN(C(=O)OC(C)(C)C)C2)n1. The van der Waals surface area contributed by atoms with Gasteiger partial charge in [0.05, 0.1) is 0 Å². The molecule has 0 unspecified atom stereocenters. The minimum Gasteiger partial charge on any atom is -0.444 e. The second-order valence-corrected chi connectivity index (χ2v) is 6.94. The molecule has 122 valence electrons. The number of carbonyl (C=O) groups is 1. The van der Waals surface area contributed by atoms with Gasteiger partial charge >= 0.3 is 6.09 Å². The summed E-state index contributed by atoms with van der Waals surface area (Å²) in [6.45, 7) is 11.8. The molecule has 0 saturated carbocycles. The zero-order chi connectivity index (χ0) is 16.3. The molecule has 1 aliphatic rings. The molecule has 22 heavy (non-hydrogen) atoms. The maximum Gasteiger partial charge on any atom is 0.410 e. The van der Waals surface area contributed by atoms with Crippen molar-refractivity contribution in [3.05, 3.63) is 17.5 Å². The summed E-state index contributed by atoms with van der Waals surface area (Å²) in [6, 6.07) is 1.95. The lowest BCUT2D eigenvalue weighted by Gasteiger charge is -2.24. The fourth-order valence-corrected chi connectivity index (χ4v) is 2.53. The van der Waals surface area contributed by atoms with Gasteiger partial charge in [0.25, 0.3) is 0 Å². The van der Waals surface area contributed by atoms with Gasteiger partial charge in [0, 0.05) is 31.0 Å². The summed E-state index contributed by atoms with van der Waals surface area (Å²) in [6.07, 6.45) is 0.745. The molecule has 0 bridgehead atoms. The number of ether oxygens (including phenoxy) is 1. The second-order valence-electron chi connectivity index (χ2n) is 6.94. The summed E-state index contributed by atoms with van der Waals surface area (Å²) in [5.41, 5.74) is 1.47. The Bertz CT molecular complexity index is 519. The molecule has 1 aromatic heterocycles. The Labute approximate surface area is 132 Å². The quantitative estimate of drug-likeness (QED) is 0.930. The highest BCUT2D eigenvalue weighted by Gasteiger charge is 2.29. The van der Waals surface area contributed by atoms with Crippen molar-refractivity contribution in [2.75, 3.05) is 25.0 Å². The van der Waals surface area contributed by atoms with E-state index in [4.69, 9.17) is 4.74 Å². The van der Waals surface area contributed by atoms with Crippen molar-refractivity contribution in [1.82, 2.24) is 14.9 Å². The number of likely N-dealkylation sites (tertiary alicyclic amines) is 1. The van der Waals surface area contributed by atoms with Gasteiger partial charge in [0.2, 0.25) is 5.95 Å². The molecule has 1 fully saturated rings. The molecule has 2 rings (SSSR count). The molecule has 1 saturated heterocycles. The molecule has 6 nitrogen and oxygen atoms in total. The first kappa shape index (κ1) is 16.5. The van der Waals surface area contributed by atoms with E-state index >= 15 is 0 Å². The van der Waals surface area contributed by atoms with Crippen LogP contribution >= 0.6 is 0 Å². The number of aryl methyl sites for hydroxylation is 2. The Hall–Kier alpha value is -1.85. The molecule has 0 aromatic carbocycles. The molecule has 1 atom stereocenters. The highest BCUT2D eigenvalue weighted by Crippen LogP contribution is 2.19. The normalized spacial score (nSPS) is 18.4. The van der Waals surface area contributed by atoms with E-state index in [0.29, 0.717) is 18.4 Å². The van der Waals surface area contributed by atoms with Crippen LogP contribution in [0.5, 0.6) is 0 Å². The highest BCUT2D eigenvalue weighted by molar-refractivity contribution is 5.68. The Morgan fingerprint density at radius 3 is 2.59 bits per heavy atom. The van der Waals surface area contributed by atoms with Gasteiger partial charge in [0.1, 0.15) is 5.60 Å². The van der Waals surface area contributed by atoms with Gasteiger partial charge < -0.3 is 15.0 Å². The highest BCUT2D eigenvalue weighted by atomic mass is 16.6. The van der Waals surface area contributed by atoms with Gasteiger partial charge in [-0.15, -0.1) is 0 Å². The van der Waals surface area contributed by atoms with Crippen molar-refractivity contribution in [3.8, 4) is 0 Å². The monoisotopic (exact) mass is 306 g/mol. The molecule has 0 spiro atoms. The van der Waals surface area contributed by atoms with Crippen molar-refractivity contribution in [3.63, 3.8) is 0 Å². The molecule has 6 heteroatoms. The van der Waals surface area contributed by atoms with Crippen LogP contribution < -0.4 is 5.32 Å². The number of anilines is 1. The minimum absolute atomic E-state index is 0.224. The predicted molar refractivity (Wildman–Crippen MR) is 85.9 cm³/mol. The first-order chi connectivity index (χ1) is 10.2. The molecular weight excluding hydrogens is 280 g/mol. The largest absolute Gasteiger partial charge is 0.444 e. The lowest BCUT2D eigenvalue weighted by molar-refractivity contribution is 0.0289. The number of nitrogens with zero attached hydrogens (tertiary/aromatic N) is 3. The Morgan fingerprint density at radius 1 is 1.36 bits per heavy atom. The molecule has 1 amide bonds.